The number of nitrogens with zero attached hydrogens (tertiary/aromatic N) is 3. The van der Waals surface area contributed by atoms with Crippen molar-refractivity contribution in [1.29, 1.82) is 0 Å². The number of urea groups is 1. The van der Waals surface area contributed by atoms with Gasteiger partial charge in [-0.2, -0.15) is 0 Å². The lowest BCUT2D eigenvalue weighted by Gasteiger charge is -2.40. The summed E-state index contributed by atoms with van der Waals surface area (Å²) in [5.41, 5.74) is 0. The largest absolute Gasteiger partial charge is 0.324 e. The number of aryl methyl sites for hydroxylation is 1. The van der Waals surface area contributed by atoms with Gasteiger partial charge in [-0.25, -0.2) is 4.79 Å². The minimum absolute atomic E-state index is 0.0211. The van der Waals surface area contributed by atoms with Crippen LogP contribution in [0.4, 0.5) is 9.93 Å². The number of carbonyl (C=O) groups is 1. The van der Waals surface area contributed by atoms with Gasteiger partial charge in [0.25, 0.3) is 0 Å². The number of aromatic nitrogens is 2. The Balaban J connectivity index is 1.73. The molecule has 1 aromatic heterocycles. The summed E-state index contributed by atoms with van der Waals surface area (Å²) < 4.78 is 0. The maximum atomic E-state index is 12.5. The molecule has 0 spiro atoms. The van der Waals surface area contributed by atoms with Crippen LogP contribution >= 0.6 is 11.3 Å². The van der Waals surface area contributed by atoms with Crippen molar-refractivity contribution in [1.82, 2.24) is 15.1 Å². The molecule has 2 fully saturated rings. The van der Waals surface area contributed by atoms with Crippen LogP contribution in [-0.4, -0.2) is 33.2 Å². The normalized spacial score (nSPS) is 26.9. The molecule has 2 bridgehead atoms. The maximum absolute atomic E-state index is 12.5. The molecule has 1 N–H and O–H groups in total. The van der Waals surface area contributed by atoms with Crippen LogP contribution in [0.2, 0.25) is 0 Å². The summed E-state index contributed by atoms with van der Waals surface area (Å²) in [6.45, 7) is 1.90. The van der Waals surface area contributed by atoms with Gasteiger partial charge in [0.1, 0.15) is 5.01 Å². The van der Waals surface area contributed by atoms with Crippen LogP contribution in [0.25, 0.3) is 0 Å². The maximum Gasteiger partial charge on any atom is 0.324 e. The van der Waals surface area contributed by atoms with Crippen LogP contribution in [0.3, 0.4) is 0 Å². The summed E-state index contributed by atoms with van der Waals surface area (Å²) in [5.74, 6) is 0. The SMILES string of the molecule is Cc1nnc(NC(=O)N2C3CCCCC2CCC3)s1. The number of carbonyl (C=O) groups excluding carboxylic acids is 1. The highest BCUT2D eigenvalue weighted by molar-refractivity contribution is 7.15. The zero-order valence-corrected chi connectivity index (χ0v) is 12.1. The molecular weight excluding hydrogens is 260 g/mol. The standard InChI is InChI=1S/C13H20N4OS/c1-9-15-16-12(19-9)14-13(18)17-10-5-2-3-6-11(17)8-4-7-10/h10-11H,2-8H2,1H3,(H,14,16,18). The molecule has 3 rings (SSSR count). The van der Waals surface area contributed by atoms with Crippen molar-refractivity contribution in [2.75, 3.05) is 5.32 Å². The minimum atomic E-state index is 0.0211. The van der Waals surface area contributed by atoms with Crippen molar-refractivity contribution < 1.29 is 4.79 Å². The fourth-order valence-electron chi connectivity index (χ4n) is 3.33. The Hall–Kier alpha value is -1.17. The molecule has 0 saturated carbocycles. The molecule has 2 atom stereocenters. The summed E-state index contributed by atoms with van der Waals surface area (Å²) in [7, 11) is 0. The molecule has 2 unspecified atom stereocenters. The molecule has 6 heteroatoms. The summed E-state index contributed by atoms with van der Waals surface area (Å²) in [6.07, 6.45) is 8.37. The number of nitrogens with one attached hydrogen (secondary N) is 1. The van der Waals surface area contributed by atoms with Gasteiger partial charge in [0.05, 0.1) is 0 Å². The molecule has 2 saturated heterocycles. The van der Waals surface area contributed by atoms with E-state index in [0.29, 0.717) is 17.2 Å². The Labute approximate surface area is 117 Å². The number of hydrogen-bond donors (Lipinski definition) is 1. The number of piperidine rings is 1. The van der Waals surface area contributed by atoms with Crippen molar-refractivity contribution in [3.63, 3.8) is 0 Å². The van der Waals surface area contributed by atoms with Gasteiger partial charge in [-0.05, 0) is 39.0 Å². The van der Waals surface area contributed by atoms with E-state index in [1.54, 1.807) is 0 Å². The van der Waals surface area contributed by atoms with E-state index in [4.69, 9.17) is 0 Å². The summed E-state index contributed by atoms with van der Waals surface area (Å²) in [6, 6.07) is 0.873. The topological polar surface area (TPSA) is 58.1 Å². The fraction of sp³-hybridized carbons (Fsp3) is 0.769. The lowest BCUT2D eigenvalue weighted by atomic mass is 9.95. The number of rotatable bonds is 1. The van der Waals surface area contributed by atoms with E-state index in [1.807, 2.05) is 6.92 Å². The van der Waals surface area contributed by atoms with Crippen LogP contribution in [0.5, 0.6) is 0 Å². The third-order valence-electron chi connectivity index (χ3n) is 4.16. The second-order valence-corrected chi connectivity index (χ2v) is 6.67. The van der Waals surface area contributed by atoms with Gasteiger partial charge >= 0.3 is 6.03 Å². The zero-order chi connectivity index (χ0) is 13.2. The predicted octanol–water partition coefficient (Wildman–Crippen LogP) is 3.18. The quantitative estimate of drug-likeness (QED) is 0.859. The van der Waals surface area contributed by atoms with E-state index in [9.17, 15) is 4.79 Å². The lowest BCUT2D eigenvalue weighted by molar-refractivity contribution is 0.119. The Morgan fingerprint density at radius 2 is 1.79 bits per heavy atom. The van der Waals surface area contributed by atoms with Crippen molar-refractivity contribution in [3.8, 4) is 0 Å². The van der Waals surface area contributed by atoms with E-state index >= 15 is 0 Å². The highest BCUT2D eigenvalue weighted by Gasteiger charge is 2.35. The first-order valence-electron chi connectivity index (χ1n) is 7.13. The smallest absolute Gasteiger partial charge is 0.319 e. The van der Waals surface area contributed by atoms with Gasteiger partial charge in [-0.3, -0.25) is 5.32 Å². The molecule has 2 aliphatic rings. The second kappa shape index (κ2) is 5.45. The molecule has 2 amide bonds. The average Bonchev–Trinajstić information content (AvgIpc) is 2.74. The van der Waals surface area contributed by atoms with Crippen LogP contribution < -0.4 is 5.32 Å². The molecule has 2 aliphatic heterocycles. The Morgan fingerprint density at radius 3 is 2.37 bits per heavy atom. The summed E-state index contributed by atoms with van der Waals surface area (Å²) in [5, 5.41) is 12.3. The van der Waals surface area contributed by atoms with Crippen LogP contribution in [0, 0.1) is 6.92 Å². The zero-order valence-electron chi connectivity index (χ0n) is 11.3. The van der Waals surface area contributed by atoms with Gasteiger partial charge in [0, 0.05) is 12.1 Å². The predicted molar refractivity (Wildman–Crippen MR) is 75.4 cm³/mol. The highest BCUT2D eigenvalue weighted by atomic mass is 32.1. The molecule has 1 aromatic rings. The third kappa shape index (κ3) is 2.73. The first-order chi connectivity index (χ1) is 9.24. The van der Waals surface area contributed by atoms with Gasteiger partial charge in [-0.15, -0.1) is 10.2 Å². The van der Waals surface area contributed by atoms with Gasteiger partial charge in [-0.1, -0.05) is 24.2 Å². The van der Waals surface area contributed by atoms with Crippen molar-refractivity contribution in [3.05, 3.63) is 5.01 Å². The Bertz CT molecular complexity index is 447. The molecular formula is C13H20N4OS. The van der Waals surface area contributed by atoms with Gasteiger partial charge in [0.2, 0.25) is 5.13 Å². The average molecular weight is 280 g/mol. The van der Waals surface area contributed by atoms with Crippen LogP contribution in [0.15, 0.2) is 0 Å². The second-order valence-electron chi connectivity index (χ2n) is 5.49. The molecule has 0 aromatic carbocycles. The molecule has 104 valence electrons. The van der Waals surface area contributed by atoms with Crippen molar-refractivity contribution in [2.45, 2.75) is 64.0 Å². The first kappa shape index (κ1) is 12.8. The number of fused-ring (bicyclic) bond motifs is 2. The monoisotopic (exact) mass is 280 g/mol. The lowest BCUT2D eigenvalue weighted by Crippen LogP contribution is -2.50. The minimum Gasteiger partial charge on any atom is -0.319 e. The molecule has 19 heavy (non-hydrogen) atoms. The number of anilines is 1. The Morgan fingerprint density at radius 1 is 1.16 bits per heavy atom. The number of hydrogen-bond acceptors (Lipinski definition) is 4. The fourth-order valence-corrected chi connectivity index (χ4v) is 3.91. The van der Waals surface area contributed by atoms with E-state index in [2.05, 4.69) is 20.4 Å². The van der Waals surface area contributed by atoms with Crippen LogP contribution in [0.1, 0.15) is 50.0 Å². The van der Waals surface area contributed by atoms with Crippen molar-refractivity contribution in [2.24, 2.45) is 0 Å². The first-order valence-corrected chi connectivity index (χ1v) is 7.95. The molecule has 3 heterocycles. The van der Waals surface area contributed by atoms with Gasteiger partial charge in [0.15, 0.2) is 0 Å². The van der Waals surface area contributed by atoms with E-state index in [-0.39, 0.29) is 6.03 Å². The number of amides is 2. The highest BCUT2D eigenvalue weighted by Crippen LogP contribution is 2.33. The summed E-state index contributed by atoms with van der Waals surface area (Å²) in [4.78, 5) is 14.6. The molecule has 5 nitrogen and oxygen atoms in total. The van der Waals surface area contributed by atoms with Crippen molar-refractivity contribution >= 4 is 22.5 Å². The molecule has 0 radical (unpaired) electrons. The van der Waals surface area contributed by atoms with E-state index in [0.717, 1.165) is 30.7 Å². The van der Waals surface area contributed by atoms with Gasteiger partial charge < -0.3 is 4.90 Å². The van der Waals surface area contributed by atoms with E-state index in [1.165, 1.54) is 30.6 Å². The van der Waals surface area contributed by atoms with Crippen LogP contribution in [-0.2, 0) is 0 Å². The summed E-state index contributed by atoms with van der Waals surface area (Å²) >= 11 is 1.43. The molecule has 0 aliphatic carbocycles. The van der Waals surface area contributed by atoms with E-state index < -0.39 is 0 Å². The Kier molecular flexibility index (Phi) is 3.68. The third-order valence-corrected chi connectivity index (χ3v) is 4.91.